The number of carbonyl (C=O) groups is 1. The van der Waals surface area contributed by atoms with E-state index in [9.17, 15) is 23.1 Å². The molecule has 1 aliphatic rings. The average molecular weight is 344 g/mol. The molecule has 0 aliphatic carbocycles. The summed E-state index contributed by atoms with van der Waals surface area (Å²) in [6.45, 7) is 2.56. The van der Waals surface area contributed by atoms with Crippen LogP contribution in [0.5, 0.6) is 0 Å². The third kappa shape index (κ3) is 6.49. The van der Waals surface area contributed by atoms with Crippen LogP contribution in [-0.2, 0) is 17.9 Å². The van der Waals surface area contributed by atoms with Crippen molar-refractivity contribution >= 4 is 5.91 Å². The highest BCUT2D eigenvalue weighted by atomic mass is 19.4. The SMILES string of the molecule is O=C(CCC(F)(F)F)NCc1ccccc1CN1CCC(O)CC1. The Bertz CT molecular complexity index is 541. The zero-order chi connectivity index (χ0) is 17.6. The Balaban J connectivity index is 1.86. The van der Waals surface area contributed by atoms with E-state index in [1.54, 1.807) is 0 Å². The van der Waals surface area contributed by atoms with Gasteiger partial charge in [0.1, 0.15) is 0 Å². The molecule has 1 amide bonds. The average Bonchev–Trinajstić information content (AvgIpc) is 2.53. The minimum atomic E-state index is -4.31. The number of alkyl halides is 3. The van der Waals surface area contributed by atoms with Gasteiger partial charge >= 0.3 is 6.18 Å². The lowest BCUT2D eigenvalue weighted by Gasteiger charge is -2.30. The van der Waals surface area contributed by atoms with Crippen LogP contribution in [0.3, 0.4) is 0 Å². The van der Waals surface area contributed by atoms with Gasteiger partial charge in [0.2, 0.25) is 5.91 Å². The first kappa shape index (κ1) is 18.7. The van der Waals surface area contributed by atoms with Crippen LogP contribution >= 0.6 is 0 Å². The van der Waals surface area contributed by atoms with Crippen LogP contribution in [0.25, 0.3) is 0 Å². The normalized spacial score (nSPS) is 17.0. The highest BCUT2D eigenvalue weighted by Crippen LogP contribution is 2.21. The molecule has 1 fully saturated rings. The van der Waals surface area contributed by atoms with E-state index in [-0.39, 0.29) is 12.6 Å². The molecule has 1 saturated heterocycles. The second-order valence-electron chi connectivity index (χ2n) is 6.17. The molecule has 4 nitrogen and oxygen atoms in total. The summed E-state index contributed by atoms with van der Waals surface area (Å²) < 4.78 is 36.4. The first-order chi connectivity index (χ1) is 11.3. The summed E-state index contributed by atoms with van der Waals surface area (Å²) in [5, 5.41) is 12.1. The predicted octanol–water partition coefficient (Wildman–Crippen LogP) is 2.60. The summed E-state index contributed by atoms with van der Waals surface area (Å²) in [7, 11) is 0. The first-order valence-electron chi connectivity index (χ1n) is 8.14. The van der Waals surface area contributed by atoms with Crippen LogP contribution in [0, 0.1) is 0 Å². The molecule has 2 rings (SSSR count). The van der Waals surface area contributed by atoms with Gasteiger partial charge in [0.25, 0.3) is 0 Å². The first-order valence-corrected chi connectivity index (χ1v) is 8.14. The predicted molar refractivity (Wildman–Crippen MR) is 84.1 cm³/mol. The highest BCUT2D eigenvalue weighted by molar-refractivity contribution is 5.75. The quantitative estimate of drug-likeness (QED) is 0.834. The van der Waals surface area contributed by atoms with E-state index in [0.717, 1.165) is 37.1 Å². The van der Waals surface area contributed by atoms with Crippen LogP contribution < -0.4 is 5.32 Å². The lowest BCUT2D eigenvalue weighted by atomic mass is 10.0. The van der Waals surface area contributed by atoms with Crippen LogP contribution in [0.15, 0.2) is 24.3 Å². The van der Waals surface area contributed by atoms with E-state index in [0.29, 0.717) is 6.54 Å². The fourth-order valence-corrected chi connectivity index (χ4v) is 2.74. The van der Waals surface area contributed by atoms with E-state index < -0.39 is 24.9 Å². The second kappa shape index (κ2) is 8.48. The zero-order valence-corrected chi connectivity index (χ0v) is 13.5. The zero-order valence-electron chi connectivity index (χ0n) is 13.5. The largest absolute Gasteiger partial charge is 0.393 e. The molecular weight excluding hydrogens is 321 g/mol. The summed E-state index contributed by atoms with van der Waals surface area (Å²) in [6, 6.07) is 7.59. The fourth-order valence-electron chi connectivity index (χ4n) is 2.74. The minimum Gasteiger partial charge on any atom is -0.393 e. The molecule has 0 unspecified atom stereocenters. The molecule has 134 valence electrons. The number of likely N-dealkylation sites (tertiary alicyclic amines) is 1. The standard InChI is InChI=1S/C17H23F3N2O2/c18-17(19,20)8-5-16(24)21-11-13-3-1-2-4-14(13)12-22-9-6-15(23)7-10-22/h1-4,15,23H,5-12H2,(H,21,24). The van der Waals surface area contributed by atoms with Crippen LogP contribution in [-0.4, -0.2) is 41.3 Å². The number of nitrogens with zero attached hydrogens (tertiary/aromatic N) is 1. The molecule has 0 saturated carbocycles. The molecule has 1 heterocycles. The Hall–Kier alpha value is -1.60. The number of hydrogen-bond donors (Lipinski definition) is 2. The number of amides is 1. The van der Waals surface area contributed by atoms with Gasteiger partial charge < -0.3 is 10.4 Å². The lowest BCUT2D eigenvalue weighted by molar-refractivity contribution is -0.144. The number of aliphatic hydroxyl groups is 1. The lowest BCUT2D eigenvalue weighted by Crippen LogP contribution is -2.35. The molecular formula is C17H23F3N2O2. The van der Waals surface area contributed by atoms with E-state index in [1.165, 1.54) is 0 Å². The van der Waals surface area contributed by atoms with E-state index in [2.05, 4.69) is 10.2 Å². The summed E-state index contributed by atoms with van der Waals surface area (Å²) in [6.07, 6.45) is -4.70. The van der Waals surface area contributed by atoms with Gasteiger partial charge in [-0.25, -0.2) is 0 Å². The number of rotatable bonds is 6. The fraction of sp³-hybridized carbons (Fsp3) is 0.588. The van der Waals surface area contributed by atoms with Crippen LogP contribution in [0.2, 0.25) is 0 Å². The van der Waals surface area contributed by atoms with Gasteiger partial charge in [-0.05, 0) is 24.0 Å². The van der Waals surface area contributed by atoms with Crippen molar-refractivity contribution < 1.29 is 23.1 Å². The number of hydrogen-bond acceptors (Lipinski definition) is 3. The number of halogens is 3. The molecule has 7 heteroatoms. The Kier molecular flexibility index (Phi) is 6.62. The molecule has 1 aromatic carbocycles. The van der Waals surface area contributed by atoms with Gasteiger partial charge in [0, 0.05) is 32.6 Å². The summed E-state index contributed by atoms with van der Waals surface area (Å²) >= 11 is 0. The third-order valence-electron chi connectivity index (χ3n) is 4.18. The van der Waals surface area contributed by atoms with Gasteiger partial charge in [0.15, 0.2) is 0 Å². The van der Waals surface area contributed by atoms with Crippen molar-refractivity contribution in [3.63, 3.8) is 0 Å². The molecule has 0 spiro atoms. The number of piperidine rings is 1. The van der Waals surface area contributed by atoms with Crippen LogP contribution in [0.4, 0.5) is 13.2 Å². The molecule has 1 aliphatic heterocycles. The van der Waals surface area contributed by atoms with E-state index >= 15 is 0 Å². The Morgan fingerprint density at radius 1 is 1.21 bits per heavy atom. The number of aliphatic hydroxyl groups excluding tert-OH is 1. The number of nitrogens with one attached hydrogen (secondary N) is 1. The molecule has 2 N–H and O–H groups in total. The molecule has 0 aromatic heterocycles. The van der Waals surface area contributed by atoms with Crippen molar-refractivity contribution in [2.75, 3.05) is 13.1 Å². The van der Waals surface area contributed by atoms with Crippen molar-refractivity contribution in [3.05, 3.63) is 35.4 Å². The Morgan fingerprint density at radius 3 is 2.46 bits per heavy atom. The topological polar surface area (TPSA) is 52.6 Å². The maximum absolute atomic E-state index is 12.1. The highest BCUT2D eigenvalue weighted by Gasteiger charge is 2.27. The van der Waals surface area contributed by atoms with Crippen LogP contribution in [0.1, 0.15) is 36.8 Å². The number of benzene rings is 1. The molecule has 0 bridgehead atoms. The Labute approximate surface area is 139 Å². The minimum absolute atomic E-state index is 0.226. The van der Waals surface area contributed by atoms with Gasteiger partial charge in [-0.1, -0.05) is 24.3 Å². The van der Waals surface area contributed by atoms with Crippen molar-refractivity contribution in [3.8, 4) is 0 Å². The van der Waals surface area contributed by atoms with Crippen molar-refractivity contribution in [2.24, 2.45) is 0 Å². The second-order valence-corrected chi connectivity index (χ2v) is 6.17. The summed E-state index contributed by atoms with van der Waals surface area (Å²) in [4.78, 5) is 13.8. The van der Waals surface area contributed by atoms with Gasteiger partial charge in [-0.15, -0.1) is 0 Å². The third-order valence-corrected chi connectivity index (χ3v) is 4.18. The Morgan fingerprint density at radius 2 is 1.83 bits per heavy atom. The van der Waals surface area contributed by atoms with E-state index in [1.807, 2.05) is 24.3 Å². The van der Waals surface area contributed by atoms with Crippen molar-refractivity contribution in [1.29, 1.82) is 0 Å². The maximum atomic E-state index is 12.1. The monoisotopic (exact) mass is 344 g/mol. The van der Waals surface area contributed by atoms with Crippen molar-refractivity contribution in [2.45, 2.75) is 51.1 Å². The maximum Gasteiger partial charge on any atom is 0.389 e. The van der Waals surface area contributed by atoms with E-state index in [4.69, 9.17) is 0 Å². The molecule has 0 radical (unpaired) electrons. The number of carbonyl (C=O) groups excluding carboxylic acids is 1. The van der Waals surface area contributed by atoms with Gasteiger partial charge in [-0.2, -0.15) is 13.2 Å². The smallest absolute Gasteiger partial charge is 0.389 e. The summed E-state index contributed by atoms with van der Waals surface area (Å²) in [5.74, 6) is -0.594. The molecule has 0 atom stereocenters. The molecule has 1 aromatic rings. The van der Waals surface area contributed by atoms with Gasteiger partial charge in [-0.3, -0.25) is 9.69 Å². The van der Waals surface area contributed by atoms with Crippen molar-refractivity contribution in [1.82, 2.24) is 10.2 Å². The molecule has 24 heavy (non-hydrogen) atoms. The summed E-state index contributed by atoms with van der Waals surface area (Å²) in [5.41, 5.74) is 1.95. The van der Waals surface area contributed by atoms with Gasteiger partial charge in [0.05, 0.1) is 12.5 Å².